The number of benzene rings is 2. The predicted molar refractivity (Wildman–Crippen MR) is 98.3 cm³/mol. The first kappa shape index (κ1) is 18.8. The first-order valence-electron chi connectivity index (χ1n) is 8.48. The van der Waals surface area contributed by atoms with Crippen LogP contribution in [-0.4, -0.2) is 44.0 Å². The third kappa shape index (κ3) is 3.78. The molecule has 0 spiro atoms. The summed E-state index contributed by atoms with van der Waals surface area (Å²) >= 11 is 0. The molecule has 1 atom stereocenters. The van der Waals surface area contributed by atoms with Gasteiger partial charge in [0.25, 0.3) is 5.91 Å². The highest BCUT2D eigenvalue weighted by Gasteiger charge is 2.42. The molecule has 2 amide bonds. The van der Waals surface area contributed by atoms with Gasteiger partial charge in [-0.1, -0.05) is 12.1 Å². The molecule has 2 aromatic rings. The monoisotopic (exact) mass is 372 g/mol. The van der Waals surface area contributed by atoms with Crippen molar-refractivity contribution in [3.63, 3.8) is 0 Å². The van der Waals surface area contributed by atoms with Gasteiger partial charge in [-0.2, -0.15) is 0 Å². The molecule has 0 N–H and O–H groups in total. The summed E-state index contributed by atoms with van der Waals surface area (Å²) in [5.41, 5.74) is 1.26. The molecular weight excluding hydrogens is 351 g/mol. The Balaban J connectivity index is 1.81. The molecule has 1 fully saturated rings. The minimum Gasteiger partial charge on any atom is -0.497 e. The zero-order valence-electron chi connectivity index (χ0n) is 15.4. The number of halogens is 1. The van der Waals surface area contributed by atoms with E-state index in [-0.39, 0.29) is 24.1 Å². The second-order valence-corrected chi connectivity index (χ2v) is 6.37. The van der Waals surface area contributed by atoms with Crippen LogP contribution in [0.2, 0.25) is 0 Å². The fourth-order valence-electron chi connectivity index (χ4n) is 3.17. The lowest BCUT2D eigenvalue weighted by Crippen LogP contribution is -2.39. The van der Waals surface area contributed by atoms with E-state index >= 15 is 0 Å². The van der Waals surface area contributed by atoms with Gasteiger partial charge in [0.05, 0.1) is 32.4 Å². The summed E-state index contributed by atoms with van der Waals surface area (Å²) in [7, 11) is 4.77. The fraction of sp³-hybridized carbons (Fsp3) is 0.300. The molecule has 3 rings (SSSR count). The summed E-state index contributed by atoms with van der Waals surface area (Å²) in [4.78, 5) is 28.5. The number of likely N-dealkylation sites (N-methyl/N-ethyl adjacent to an activating group) is 1. The Kier molecular flexibility index (Phi) is 5.41. The first-order valence-corrected chi connectivity index (χ1v) is 8.48. The third-order valence-electron chi connectivity index (χ3n) is 4.63. The molecule has 1 aliphatic heterocycles. The molecule has 1 saturated heterocycles. The summed E-state index contributed by atoms with van der Waals surface area (Å²) in [6.07, 6.45) is 0.0751. The minimum atomic E-state index is -0.589. The van der Waals surface area contributed by atoms with Gasteiger partial charge in [0.2, 0.25) is 5.91 Å². The van der Waals surface area contributed by atoms with E-state index in [4.69, 9.17) is 9.47 Å². The molecule has 0 bridgehead atoms. The van der Waals surface area contributed by atoms with Crippen LogP contribution in [0.15, 0.2) is 42.5 Å². The third-order valence-corrected chi connectivity index (χ3v) is 4.63. The van der Waals surface area contributed by atoms with Crippen LogP contribution in [0.4, 0.5) is 10.1 Å². The summed E-state index contributed by atoms with van der Waals surface area (Å²) in [5, 5.41) is 0. The molecule has 1 heterocycles. The summed E-state index contributed by atoms with van der Waals surface area (Å²) in [6.45, 7) is 0.428. The van der Waals surface area contributed by atoms with Gasteiger partial charge in [0.1, 0.15) is 17.3 Å². The minimum absolute atomic E-state index is 0.0751. The van der Waals surface area contributed by atoms with Gasteiger partial charge in [-0.3, -0.25) is 14.5 Å². The lowest BCUT2D eigenvalue weighted by molar-refractivity contribution is -0.122. The van der Waals surface area contributed by atoms with Gasteiger partial charge >= 0.3 is 0 Å². The van der Waals surface area contributed by atoms with Gasteiger partial charge < -0.3 is 9.47 Å². The highest BCUT2D eigenvalue weighted by molar-refractivity contribution is 6.23. The highest BCUT2D eigenvalue weighted by atomic mass is 19.1. The SMILES string of the molecule is COc1ccc(N2C(=O)C[C@@H](N(C)Cc3ccc(F)cc3)C2=O)c(OC)c1. The van der Waals surface area contributed by atoms with E-state index in [1.807, 2.05) is 0 Å². The van der Waals surface area contributed by atoms with Crippen molar-refractivity contribution in [1.82, 2.24) is 4.90 Å². The number of ether oxygens (including phenoxy) is 2. The van der Waals surface area contributed by atoms with Crippen molar-refractivity contribution in [3.05, 3.63) is 53.8 Å². The van der Waals surface area contributed by atoms with Crippen molar-refractivity contribution < 1.29 is 23.5 Å². The average molecular weight is 372 g/mol. The number of methoxy groups -OCH3 is 2. The fourth-order valence-corrected chi connectivity index (χ4v) is 3.17. The number of hydrogen-bond acceptors (Lipinski definition) is 5. The van der Waals surface area contributed by atoms with Gasteiger partial charge in [0.15, 0.2) is 0 Å². The maximum Gasteiger partial charge on any atom is 0.251 e. The van der Waals surface area contributed by atoms with Crippen LogP contribution < -0.4 is 14.4 Å². The Morgan fingerprint density at radius 2 is 1.81 bits per heavy atom. The largest absolute Gasteiger partial charge is 0.497 e. The zero-order valence-corrected chi connectivity index (χ0v) is 15.4. The van der Waals surface area contributed by atoms with Crippen molar-refractivity contribution in [1.29, 1.82) is 0 Å². The Hall–Kier alpha value is -2.93. The standard InChI is InChI=1S/C20H21FN2O4/c1-22(12-13-4-6-14(21)7-5-13)17-11-19(24)23(20(17)25)16-9-8-15(26-2)10-18(16)27-3/h4-10,17H,11-12H2,1-3H3/t17-/m1/s1. The smallest absolute Gasteiger partial charge is 0.251 e. The second kappa shape index (κ2) is 7.75. The number of hydrogen-bond donors (Lipinski definition) is 0. The molecule has 27 heavy (non-hydrogen) atoms. The molecule has 0 saturated carbocycles. The van der Waals surface area contributed by atoms with Crippen LogP contribution in [0.1, 0.15) is 12.0 Å². The van der Waals surface area contributed by atoms with Crippen LogP contribution in [0.5, 0.6) is 11.5 Å². The normalized spacial score (nSPS) is 16.9. The molecule has 6 nitrogen and oxygen atoms in total. The summed E-state index contributed by atoms with van der Waals surface area (Å²) in [6, 6.07) is 10.4. The number of nitrogens with zero attached hydrogens (tertiary/aromatic N) is 2. The van der Waals surface area contributed by atoms with Crippen molar-refractivity contribution >= 4 is 17.5 Å². The van der Waals surface area contributed by atoms with Gasteiger partial charge in [-0.25, -0.2) is 9.29 Å². The topological polar surface area (TPSA) is 59.1 Å². The van der Waals surface area contributed by atoms with Crippen molar-refractivity contribution in [2.45, 2.75) is 19.0 Å². The first-order chi connectivity index (χ1) is 12.9. The molecule has 0 unspecified atom stereocenters. The molecule has 0 radical (unpaired) electrons. The summed E-state index contributed by atoms with van der Waals surface area (Å²) < 4.78 is 23.5. The van der Waals surface area contributed by atoms with Crippen LogP contribution in [0.3, 0.4) is 0 Å². The maximum absolute atomic E-state index is 13.1. The predicted octanol–water partition coefficient (Wildman–Crippen LogP) is 2.61. The van der Waals surface area contributed by atoms with Crippen LogP contribution >= 0.6 is 0 Å². The number of anilines is 1. The number of rotatable bonds is 6. The Morgan fingerprint density at radius 3 is 2.44 bits per heavy atom. The molecule has 7 heteroatoms. The number of carbonyl (C=O) groups is 2. The summed E-state index contributed by atoms with van der Waals surface area (Å²) in [5.74, 6) is 0.0383. The van der Waals surface area contributed by atoms with E-state index in [1.54, 1.807) is 42.3 Å². The van der Waals surface area contributed by atoms with E-state index in [9.17, 15) is 14.0 Å². The van der Waals surface area contributed by atoms with Crippen molar-refractivity contribution in [3.8, 4) is 11.5 Å². The molecule has 0 aliphatic carbocycles. The molecule has 142 valence electrons. The second-order valence-electron chi connectivity index (χ2n) is 6.37. The van der Waals surface area contributed by atoms with Crippen molar-refractivity contribution in [2.75, 3.05) is 26.2 Å². The Labute approximate surface area is 157 Å². The van der Waals surface area contributed by atoms with Crippen molar-refractivity contribution in [2.24, 2.45) is 0 Å². The number of amides is 2. The lowest BCUT2D eigenvalue weighted by atomic mass is 10.1. The van der Waals surface area contributed by atoms with Crippen LogP contribution in [0.25, 0.3) is 0 Å². The van der Waals surface area contributed by atoms with Gasteiger partial charge in [-0.05, 0) is 36.9 Å². The van der Waals surface area contributed by atoms with Crippen LogP contribution in [-0.2, 0) is 16.1 Å². The van der Waals surface area contributed by atoms with E-state index in [1.165, 1.54) is 26.4 Å². The Bertz CT molecular complexity index is 854. The van der Waals surface area contributed by atoms with E-state index < -0.39 is 6.04 Å². The Morgan fingerprint density at radius 1 is 1.11 bits per heavy atom. The van der Waals surface area contributed by atoms with Gasteiger partial charge in [0, 0.05) is 12.6 Å². The maximum atomic E-state index is 13.1. The lowest BCUT2D eigenvalue weighted by Gasteiger charge is -2.23. The highest BCUT2D eigenvalue weighted by Crippen LogP contribution is 2.36. The van der Waals surface area contributed by atoms with E-state index in [0.717, 1.165) is 10.5 Å². The molecule has 1 aliphatic rings. The van der Waals surface area contributed by atoms with E-state index in [2.05, 4.69) is 0 Å². The number of carbonyl (C=O) groups excluding carboxylic acids is 2. The molecular formula is C20H21FN2O4. The zero-order chi connectivity index (χ0) is 19.6. The number of imide groups is 1. The molecule has 0 aromatic heterocycles. The molecule has 2 aromatic carbocycles. The van der Waals surface area contributed by atoms with E-state index in [0.29, 0.717) is 23.7 Å². The quantitative estimate of drug-likeness (QED) is 0.730. The van der Waals surface area contributed by atoms with Gasteiger partial charge in [-0.15, -0.1) is 0 Å². The van der Waals surface area contributed by atoms with Crippen LogP contribution in [0, 0.1) is 5.82 Å². The average Bonchev–Trinajstić information content (AvgIpc) is 2.97.